The Kier molecular flexibility index (Phi) is 4.54. The van der Waals surface area contributed by atoms with E-state index in [1.165, 1.54) is 19.3 Å². The normalized spacial score (nSPS) is 22.7. The molecule has 2 saturated carbocycles. The first-order valence-electron chi connectivity index (χ1n) is 8.25. The van der Waals surface area contributed by atoms with Crippen LogP contribution in [0.1, 0.15) is 63.4 Å². The highest BCUT2D eigenvalue weighted by atomic mass is 16.3. The van der Waals surface area contributed by atoms with Crippen LogP contribution >= 0.6 is 0 Å². The van der Waals surface area contributed by atoms with Crippen molar-refractivity contribution >= 4 is 5.69 Å². The Morgan fingerprint density at radius 2 is 1.62 bits per heavy atom. The van der Waals surface area contributed by atoms with Crippen molar-refractivity contribution in [1.82, 2.24) is 0 Å². The summed E-state index contributed by atoms with van der Waals surface area (Å²) in [7, 11) is 0. The minimum atomic E-state index is -0.623. The first kappa shape index (κ1) is 14.5. The molecule has 0 aromatic heterocycles. The Hall–Kier alpha value is -1.42. The highest BCUT2D eigenvalue weighted by Gasteiger charge is 2.30. The van der Waals surface area contributed by atoms with Gasteiger partial charge in [-0.3, -0.25) is 5.43 Å². The van der Waals surface area contributed by atoms with Crippen molar-refractivity contribution < 1.29 is 5.11 Å². The molecule has 2 aliphatic carbocycles. The Morgan fingerprint density at radius 1 is 0.952 bits per heavy atom. The van der Waals surface area contributed by atoms with E-state index in [-0.39, 0.29) is 0 Å². The lowest BCUT2D eigenvalue weighted by Gasteiger charge is -2.32. The monoisotopic (exact) mass is 287 g/mol. The molecule has 0 aliphatic heterocycles. The summed E-state index contributed by atoms with van der Waals surface area (Å²) in [5.74, 6) is 0. The number of rotatable bonds is 4. The third-order valence-electron chi connectivity index (χ3n) is 4.83. The van der Waals surface area contributed by atoms with Gasteiger partial charge in [-0.1, -0.05) is 49.5 Å². The third kappa shape index (κ3) is 3.62. The largest absolute Gasteiger partial charge is 0.385 e. The molecule has 4 nitrogen and oxygen atoms in total. The van der Waals surface area contributed by atoms with Gasteiger partial charge in [0.2, 0.25) is 0 Å². The number of nitrogens with one attached hydrogen (secondary N) is 1. The Balaban J connectivity index is 1.58. The fourth-order valence-electron chi connectivity index (χ4n) is 3.47. The number of hydrogen-bond acceptors (Lipinski definition) is 3. The number of nitrogens with zero attached hydrogens (tertiary/aromatic N) is 2. The van der Waals surface area contributed by atoms with Crippen LogP contribution in [0.3, 0.4) is 0 Å². The Morgan fingerprint density at radius 3 is 2.29 bits per heavy atom. The number of hydrogen-bond donors (Lipinski definition) is 2. The quantitative estimate of drug-likeness (QED) is 0.630. The van der Waals surface area contributed by atoms with Crippen LogP contribution in [0.25, 0.3) is 0 Å². The molecule has 0 atom stereocenters. The molecule has 0 saturated heterocycles. The lowest BCUT2D eigenvalue weighted by Crippen LogP contribution is -2.28. The standard InChI is InChI=1S/C17H25N3O/c21-17(12-4-1-5-13-17)14-8-10-16(11-9-14)19-20-18-15-6-2-3-7-15/h8-11,15,21H,1-7,12-13H2,(H,18,19). The van der Waals surface area contributed by atoms with E-state index in [2.05, 4.69) is 15.8 Å². The van der Waals surface area contributed by atoms with Crippen LogP contribution in [0.4, 0.5) is 5.69 Å². The van der Waals surface area contributed by atoms with Gasteiger partial charge >= 0.3 is 0 Å². The second kappa shape index (κ2) is 6.56. The van der Waals surface area contributed by atoms with Crippen molar-refractivity contribution in [2.45, 2.75) is 69.4 Å². The maximum Gasteiger partial charge on any atom is 0.0896 e. The zero-order valence-corrected chi connectivity index (χ0v) is 12.6. The number of benzene rings is 1. The molecule has 0 heterocycles. The van der Waals surface area contributed by atoms with Gasteiger partial charge in [-0.15, -0.1) is 0 Å². The van der Waals surface area contributed by atoms with Crippen LogP contribution < -0.4 is 5.43 Å². The molecule has 4 heteroatoms. The second-order valence-corrected chi connectivity index (χ2v) is 6.44. The van der Waals surface area contributed by atoms with E-state index in [9.17, 15) is 5.11 Å². The van der Waals surface area contributed by atoms with Crippen LogP contribution in [0.15, 0.2) is 34.6 Å². The highest BCUT2D eigenvalue weighted by Crippen LogP contribution is 2.37. The van der Waals surface area contributed by atoms with Crippen molar-refractivity contribution in [2.75, 3.05) is 5.43 Å². The summed E-state index contributed by atoms with van der Waals surface area (Å²) >= 11 is 0. The van der Waals surface area contributed by atoms with E-state index in [0.29, 0.717) is 6.04 Å². The van der Waals surface area contributed by atoms with Crippen LogP contribution in [0.2, 0.25) is 0 Å². The molecule has 21 heavy (non-hydrogen) atoms. The molecule has 2 fully saturated rings. The van der Waals surface area contributed by atoms with E-state index >= 15 is 0 Å². The summed E-state index contributed by atoms with van der Waals surface area (Å²) in [4.78, 5) is 0. The summed E-state index contributed by atoms with van der Waals surface area (Å²) < 4.78 is 0. The van der Waals surface area contributed by atoms with Gasteiger partial charge < -0.3 is 5.11 Å². The lowest BCUT2D eigenvalue weighted by atomic mass is 9.80. The first-order valence-corrected chi connectivity index (χ1v) is 8.25. The van der Waals surface area contributed by atoms with Gasteiger partial charge in [0.15, 0.2) is 0 Å². The predicted molar refractivity (Wildman–Crippen MR) is 84.2 cm³/mol. The van der Waals surface area contributed by atoms with Gasteiger partial charge in [-0.25, -0.2) is 0 Å². The summed E-state index contributed by atoms with van der Waals surface area (Å²) in [5.41, 5.74) is 4.33. The smallest absolute Gasteiger partial charge is 0.0896 e. The summed E-state index contributed by atoms with van der Waals surface area (Å²) in [6, 6.07) is 8.39. The average Bonchev–Trinajstić information content (AvgIpc) is 3.02. The Labute approximate surface area is 126 Å². The lowest BCUT2D eigenvalue weighted by molar-refractivity contribution is -0.000610. The van der Waals surface area contributed by atoms with Gasteiger partial charge in [0.25, 0.3) is 0 Å². The topological polar surface area (TPSA) is 57.0 Å². The van der Waals surface area contributed by atoms with Crippen molar-refractivity contribution in [3.05, 3.63) is 29.8 Å². The van der Waals surface area contributed by atoms with Gasteiger partial charge in [0.05, 0.1) is 17.3 Å². The van der Waals surface area contributed by atoms with E-state index < -0.39 is 5.60 Å². The number of anilines is 1. The molecule has 2 aliphatic rings. The molecule has 1 aromatic rings. The number of aliphatic hydroxyl groups is 1. The molecule has 0 unspecified atom stereocenters. The van der Waals surface area contributed by atoms with Crippen molar-refractivity contribution in [1.29, 1.82) is 0 Å². The van der Waals surface area contributed by atoms with E-state index in [1.807, 2.05) is 24.3 Å². The molecule has 0 radical (unpaired) electrons. The fourth-order valence-corrected chi connectivity index (χ4v) is 3.47. The van der Waals surface area contributed by atoms with Crippen LogP contribution in [-0.4, -0.2) is 11.1 Å². The third-order valence-corrected chi connectivity index (χ3v) is 4.83. The summed E-state index contributed by atoms with van der Waals surface area (Å²) in [5, 5.41) is 19.1. The van der Waals surface area contributed by atoms with Crippen LogP contribution in [-0.2, 0) is 5.60 Å². The molecular formula is C17H25N3O. The predicted octanol–water partition coefficient (Wildman–Crippen LogP) is 4.56. The average molecular weight is 287 g/mol. The summed E-state index contributed by atoms with van der Waals surface area (Å²) in [6.45, 7) is 0. The van der Waals surface area contributed by atoms with Crippen LogP contribution in [0.5, 0.6) is 0 Å². The van der Waals surface area contributed by atoms with Gasteiger partial charge in [-0.2, -0.15) is 5.11 Å². The van der Waals surface area contributed by atoms with Crippen molar-refractivity contribution in [3.8, 4) is 0 Å². The molecule has 0 bridgehead atoms. The fraction of sp³-hybridized carbons (Fsp3) is 0.647. The van der Waals surface area contributed by atoms with Crippen molar-refractivity contribution in [3.63, 3.8) is 0 Å². The second-order valence-electron chi connectivity index (χ2n) is 6.44. The SMILES string of the molecule is OC1(c2ccc(NN=NC3CCCC3)cc2)CCCCC1. The molecule has 2 N–H and O–H groups in total. The molecule has 1 aromatic carbocycles. The van der Waals surface area contributed by atoms with Gasteiger partial charge in [0.1, 0.15) is 0 Å². The van der Waals surface area contributed by atoms with Gasteiger partial charge in [-0.05, 0) is 43.4 Å². The minimum Gasteiger partial charge on any atom is -0.385 e. The highest BCUT2D eigenvalue weighted by molar-refractivity contribution is 5.44. The zero-order chi connectivity index (χ0) is 14.5. The van der Waals surface area contributed by atoms with E-state index in [1.54, 1.807) is 0 Å². The first-order chi connectivity index (χ1) is 10.3. The summed E-state index contributed by atoms with van der Waals surface area (Å²) in [6.07, 6.45) is 10.1. The molecule has 3 rings (SSSR count). The molecule has 114 valence electrons. The maximum atomic E-state index is 10.7. The zero-order valence-electron chi connectivity index (χ0n) is 12.6. The maximum absolute atomic E-state index is 10.7. The minimum absolute atomic E-state index is 0.403. The molecule has 0 amide bonds. The van der Waals surface area contributed by atoms with Gasteiger partial charge in [0, 0.05) is 0 Å². The van der Waals surface area contributed by atoms with Crippen molar-refractivity contribution in [2.24, 2.45) is 10.3 Å². The molecular weight excluding hydrogens is 262 g/mol. The van der Waals surface area contributed by atoms with E-state index in [0.717, 1.165) is 49.8 Å². The Bertz CT molecular complexity index is 471. The van der Waals surface area contributed by atoms with Crippen LogP contribution in [0, 0.1) is 0 Å². The van der Waals surface area contributed by atoms with E-state index in [4.69, 9.17) is 0 Å². The molecule has 0 spiro atoms.